The molecule has 0 unspecified atom stereocenters. The van der Waals surface area contributed by atoms with Gasteiger partial charge in [-0.3, -0.25) is 0 Å². The molecule has 0 atom stereocenters. The molecular weight excluding hydrogens is 168 g/mol. The minimum Gasteiger partial charge on any atom is -0.504 e. The molecule has 0 bridgehead atoms. The van der Waals surface area contributed by atoms with Crippen LogP contribution in [-0.2, 0) is 4.74 Å². The average Bonchev–Trinajstić information content (AvgIpc) is 2.17. The molecule has 3 nitrogen and oxygen atoms in total. The van der Waals surface area contributed by atoms with E-state index in [0.29, 0.717) is 17.1 Å². The first kappa shape index (κ1) is 9.45. The van der Waals surface area contributed by atoms with Gasteiger partial charge in [0.05, 0.1) is 19.8 Å². The quantitative estimate of drug-likeness (QED) is 0.723. The highest BCUT2D eigenvalue weighted by molar-refractivity contribution is 5.66. The van der Waals surface area contributed by atoms with Gasteiger partial charge < -0.3 is 14.6 Å². The van der Waals surface area contributed by atoms with E-state index in [0.717, 1.165) is 0 Å². The number of methoxy groups -OCH3 is 2. The smallest absolute Gasteiger partial charge is 0.168 e. The van der Waals surface area contributed by atoms with Crippen molar-refractivity contribution in [2.75, 3.05) is 14.2 Å². The van der Waals surface area contributed by atoms with Crippen LogP contribution < -0.4 is 4.74 Å². The zero-order valence-electron chi connectivity index (χ0n) is 7.70. The second kappa shape index (κ2) is 3.85. The van der Waals surface area contributed by atoms with E-state index in [2.05, 4.69) is 6.58 Å². The lowest BCUT2D eigenvalue weighted by atomic mass is 10.1. The number of para-hydroxylation sites is 1. The van der Waals surface area contributed by atoms with Gasteiger partial charge in [-0.2, -0.15) is 0 Å². The number of phenols is 1. The van der Waals surface area contributed by atoms with Crippen molar-refractivity contribution in [2.45, 2.75) is 0 Å². The van der Waals surface area contributed by atoms with Gasteiger partial charge in [0.25, 0.3) is 0 Å². The molecule has 0 radical (unpaired) electrons. The predicted molar refractivity (Wildman–Crippen MR) is 50.7 cm³/mol. The van der Waals surface area contributed by atoms with E-state index in [1.807, 2.05) is 0 Å². The number of benzene rings is 1. The summed E-state index contributed by atoms with van der Waals surface area (Å²) in [5.41, 5.74) is 0.543. The lowest BCUT2D eigenvalue weighted by Gasteiger charge is -2.09. The molecule has 0 aliphatic heterocycles. The molecule has 0 aromatic heterocycles. The minimum atomic E-state index is 0.0526. The van der Waals surface area contributed by atoms with Gasteiger partial charge in [0.1, 0.15) is 5.76 Å². The fourth-order valence-corrected chi connectivity index (χ4v) is 1.02. The van der Waals surface area contributed by atoms with Gasteiger partial charge in [0.2, 0.25) is 0 Å². The van der Waals surface area contributed by atoms with Crippen molar-refractivity contribution in [3.63, 3.8) is 0 Å². The van der Waals surface area contributed by atoms with Crippen LogP contribution in [0.5, 0.6) is 11.5 Å². The summed E-state index contributed by atoms with van der Waals surface area (Å²) < 4.78 is 9.84. The van der Waals surface area contributed by atoms with Gasteiger partial charge in [0.15, 0.2) is 11.5 Å². The van der Waals surface area contributed by atoms with E-state index >= 15 is 0 Å². The normalized spacial score (nSPS) is 9.38. The van der Waals surface area contributed by atoms with Crippen LogP contribution in [0.3, 0.4) is 0 Å². The van der Waals surface area contributed by atoms with E-state index in [1.165, 1.54) is 14.2 Å². The molecule has 1 N–H and O–H groups in total. The highest BCUT2D eigenvalue weighted by Crippen LogP contribution is 2.33. The molecule has 0 heterocycles. The molecule has 0 aliphatic rings. The Morgan fingerprint density at radius 2 is 2.08 bits per heavy atom. The van der Waals surface area contributed by atoms with Crippen LogP contribution in [-0.4, -0.2) is 19.3 Å². The van der Waals surface area contributed by atoms with E-state index in [-0.39, 0.29) is 5.75 Å². The molecule has 0 aliphatic carbocycles. The van der Waals surface area contributed by atoms with Crippen molar-refractivity contribution >= 4 is 5.76 Å². The summed E-state index contributed by atoms with van der Waals surface area (Å²) in [6.45, 7) is 3.64. The third-order valence-corrected chi connectivity index (χ3v) is 1.77. The molecule has 0 fully saturated rings. The number of hydrogen-bond donors (Lipinski definition) is 1. The SMILES string of the molecule is C=C(OC)c1cccc(OC)c1O. The fraction of sp³-hybridized carbons (Fsp3) is 0.200. The number of aromatic hydroxyl groups is 1. The van der Waals surface area contributed by atoms with Crippen molar-refractivity contribution in [1.82, 2.24) is 0 Å². The van der Waals surface area contributed by atoms with Crippen molar-refractivity contribution in [2.24, 2.45) is 0 Å². The topological polar surface area (TPSA) is 38.7 Å². The molecule has 1 rings (SSSR count). The standard InChI is InChI=1S/C10H12O3/c1-7(12-2)8-5-4-6-9(13-3)10(8)11/h4-6,11H,1H2,2-3H3. The van der Waals surface area contributed by atoms with Crippen molar-refractivity contribution in [3.05, 3.63) is 30.3 Å². The summed E-state index contributed by atoms with van der Waals surface area (Å²) in [4.78, 5) is 0. The van der Waals surface area contributed by atoms with Crippen molar-refractivity contribution in [1.29, 1.82) is 0 Å². The lowest BCUT2D eigenvalue weighted by molar-refractivity contribution is 0.355. The van der Waals surface area contributed by atoms with Gasteiger partial charge in [-0.05, 0) is 12.1 Å². The van der Waals surface area contributed by atoms with E-state index < -0.39 is 0 Å². The maximum Gasteiger partial charge on any atom is 0.168 e. The molecule has 13 heavy (non-hydrogen) atoms. The summed E-state index contributed by atoms with van der Waals surface area (Å²) in [5.74, 6) is 0.879. The van der Waals surface area contributed by atoms with Gasteiger partial charge in [-0.15, -0.1) is 0 Å². The number of phenolic OH excluding ortho intramolecular Hbond substituents is 1. The second-order valence-corrected chi connectivity index (χ2v) is 2.48. The average molecular weight is 180 g/mol. The molecule has 3 heteroatoms. The molecule has 70 valence electrons. The Balaban J connectivity index is 3.15. The lowest BCUT2D eigenvalue weighted by Crippen LogP contribution is -1.89. The Morgan fingerprint density at radius 1 is 1.38 bits per heavy atom. The monoisotopic (exact) mass is 180 g/mol. The fourth-order valence-electron chi connectivity index (χ4n) is 1.02. The van der Waals surface area contributed by atoms with E-state index in [4.69, 9.17) is 9.47 Å². The minimum absolute atomic E-state index is 0.0526. The number of hydrogen-bond acceptors (Lipinski definition) is 3. The molecular formula is C10H12O3. The first-order chi connectivity index (χ1) is 6.20. The maximum atomic E-state index is 9.62. The Morgan fingerprint density at radius 3 is 2.62 bits per heavy atom. The summed E-state index contributed by atoms with van der Waals surface area (Å²) in [6.07, 6.45) is 0. The zero-order chi connectivity index (χ0) is 9.84. The Labute approximate surface area is 77.2 Å². The molecule has 0 spiro atoms. The van der Waals surface area contributed by atoms with Crippen LogP contribution in [0.4, 0.5) is 0 Å². The first-order valence-corrected chi connectivity index (χ1v) is 3.80. The van der Waals surface area contributed by atoms with Gasteiger partial charge >= 0.3 is 0 Å². The van der Waals surface area contributed by atoms with Crippen molar-refractivity contribution in [3.8, 4) is 11.5 Å². The van der Waals surface area contributed by atoms with E-state index in [1.54, 1.807) is 18.2 Å². The Hall–Kier alpha value is -1.64. The Kier molecular flexibility index (Phi) is 2.80. The zero-order valence-corrected chi connectivity index (χ0v) is 7.70. The largest absolute Gasteiger partial charge is 0.504 e. The predicted octanol–water partition coefficient (Wildman–Crippen LogP) is 2.02. The number of ether oxygens (including phenoxy) is 2. The summed E-state index contributed by atoms with van der Waals surface area (Å²) in [7, 11) is 3.00. The molecule has 1 aromatic carbocycles. The van der Waals surface area contributed by atoms with Crippen LogP contribution >= 0.6 is 0 Å². The van der Waals surface area contributed by atoms with Crippen LogP contribution in [0.15, 0.2) is 24.8 Å². The highest BCUT2D eigenvalue weighted by Gasteiger charge is 2.09. The maximum absolute atomic E-state index is 9.62. The van der Waals surface area contributed by atoms with Crippen LogP contribution in [0.25, 0.3) is 5.76 Å². The summed E-state index contributed by atoms with van der Waals surface area (Å²) in [6, 6.07) is 5.14. The molecule has 0 amide bonds. The van der Waals surface area contributed by atoms with Gasteiger partial charge in [-0.25, -0.2) is 0 Å². The summed E-state index contributed by atoms with van der Waals surface area (Å²) in [5, 5.41) is 9.62. The third-order valence-electron chi connectivity index (χ3n) is 1.77. The van der Waals surface area contributed by atoms with Crippen LogP contribution in [0, 0.1) is 0 Å². The van der Waals surface area contributed by atoms with E-state index in [9.17, 15) is 5.11 Å². The molecule has 1 aromatic rings. The third kappa shape index (κ3) is 1.75. The molecule has 0 saturated carbocycles. The highest BCUT2D eigenvalue weighted by atomic mass is 16.5. The van der Waals surface area contributed by atoms with Crippen LogP contribution in [0.2, 0.25) is 0 Å². The van der Waals surface area contributed by atoms with Gasteiger partial charge in [0, 0.05) is 0 Å². The van der Waals surface area contributed by atoms with Crippen LogP contribution in [0.1, 0.15) is 5.56 Å². The second-order valence-electron chi connectivity index (χ2n) is 2.48. The summed E-state index contributed by atoms with van der Waals surface area (Å²) >= 11 is 0. The van der Waals surface area contributed by atoms with Gasteiger partial charge in [-0.1, -0.05) is 12.6 Å². The Bertz CT molecular complexity index is 318. The number of rotatable bonds is 3. The first-order valence-electron chi connectivity index (χ1n) is 3.80. The van der Waals surface area contributed by atoms with Crippen molar-refractivity contribution < 1.29 is 14.6 Å². The molecule has 0 saturated heterocycles.